The van der Waals surface area contributed by atoms with Gasteiger partial charge in [-0.2, -0.15) is 0 Å². The molecule has 1 aromatic carbocycles. The fraction of sp³-hybridized carbons (Fsp3) is 0.0714. The van der Waals surface area contributed by atoms with Crippen LogP contribution in [-0.2, 0) is 0 Å². The van der Waals surface area contributed by atoms with Crippen molar-refractivity contribution in [1.82, 2.24) is 15.0 Å². The van der Waals surface area contributed by atoms with Gasteiger partial charge in [0.1, 0.15) is 17.2 Å². The van der Waals surface area contributed by atoms with Crippen LogP contribution in [0.5, 0.6) is 0 Å². The Hall–Kier alpha value is -2.40. The largest absolute Gasteiger partial charge is 0.382 e. The second kappa shape index (κ2) is 4.94. The Morgan fingerprint density at radius 1 is 1.15 bits per heavy atom. The number of pyridine rings is 1. The summed E-state index contributed by atoms with van der Waals surface area (Å²) in [7, 11) is 0. The molecule has 0 bridgehead atoms. The molecule has 3 N–H and O–H groups in total. The smallest absolute Gasteiger partial charge is 0.154 e. The van der Waals surface area contributed by atoms with E-state index >= 15 is 0 Å². The average Bonchev–Trinajstić information content (AvgIpc) is 2.44. The quantitative estimate of drug-likeness (QED) is 0.755. The molecule has 0 saturated heterocycles. The Labute approximate surface area is 120 Å². The standard InChI is InChI=1S/C14H12ClN5/c1-8-5-6-9-3-2-4-10(12(9)19-8)20-14-11(15)13(16)17-7-18-14/h2-7H,1H3,(H3,16,17,18,20). The molecule has 0 radical (unpaired) electrons. The lowest BCUT2D eigenvalue weighted by atomic mass is 10.1. The summed E-state index contributed by atoms with van der Waals surface area (Å²) in [4.78, 5) is 12.5. The van der Waals surface area contributed by atoms with Gasteiger partial charge in [0.25, 0.3) is 0 Å². The van der Waals surface area contributed by atoms with E-state index in [-0.39, 0.29) is 5.82 Å². The summed E-state index contributed by atoms with van der Waals surface area (Å²) >= 11 is 6.09. The van der Waals surface area contributed by atoms with Gasteiger partial charge in [-0.15, -0.1) is 0 Å². The molecule has 0 saturated carbocycles. The van der Waals surface area contributed by atoms with E-state index in [0.29, 0.717) is 10.8 Å². The summed E-state index contributed by atoms with van der Waals surface area (Å²) in [6, 6.07) is 9.87. The van der Waals surface area contributed by atoms with Crippen molar-refractivity contribution in [3.8, 4) is 0 Å². The van der Waals surface area contributed by atoms with Crippen molar-refractivity contribution >= 4 is 39.8 Å². The molecule has 3 aromatic rings. The molecular weight excluding hydrogens is 274 g/mol. The van der Waals surface area contributed by atoms with Gasteiger partial charge in [-0.05, 0) is 19.1 Å². The van der Waals surface area contributed by atoms with E-state index in [2.05, 4.69) is 20.3 Å². The van der Waals surface area contributed by atoms with Crippen LogP contribution in [0, 0.1) is 6.92 Å². The van der Waals surface area contributed by atoms with Gasteiger partial charge >= 0.3 is 0 Å². The molecule has 0 unspecified atom stereocenters. The molecule has 5 nitrogen and oxygen atoms in total. The van der Waals surface area contributed by atoms with Crippen LogP contribution in [0.25, 0.3) is 10.9 Å². The number of nitrogen functional groups attached to an aromatic ring is 1. The number of halogens is 1. The lowest BCUT2D eigenvalue weighted by molar-refractivity contribution is 1.17. The maximum atomic E-state index is 6.09. The summed E-state index contributed by atoms with van der Waals surface area (Å²) in [6.45, 7) is 1.95. The highest BCUT2D eigenvalue weighted by atomic mass is 35.5. The molecule has 3 rings (SSSR count). The monoisotopic (exact) mass is 285 g/mol. The molecule has 0 amide bonds. The van der Waals surface area contributed by atoms with Gasteiger partial charge in [-0.25, -0.2) is 9.97 Å². The number of nitrogens with one attached hydrogen (secondary N) is 1. The summed E-state index contributed by atoms with van der Waals surface area (Å²) < 4.78 is 0. The summed E-state index contributed by atoms with van der Waals surface area (Å²) in [5, 5.41) is 4.50. The first kappa shape index (κ1) is 12.6. The fourth-order valence-corrected chi connectivity index (χ4v) is 2.09. The van der Waals surface area contributed by atoms with E-state index in [4.69, 9.17) is 17.3 Å². The van der Waals surface area contributed by atoms with Crippen LogP contribution >= 0.6 is 11.6 Å². The lowest BCUT2D eigenvalue weighted by Crippen LogP contribution is -2.00. The highest BCUT2D eigenvalue weighted by Crippen LogP contribution is 2.29. The SMILES string of the molecule is Cc1ccc2cccc(Nc3ncnc(N)c3Cl)c2n1. The van der Waals surface area contributed by atoms with E-state index < -0.39 is 0 Å². The number of aromatic nitrogens is 3. The van der Waals surface area contributed by atoms with Crippen molar-refractivity contribution in [3.05, 3.63) is 47.4 Å². The topological polar surface area (TPSA) is 76.7 Å². The highest BCUT2D eigenvalue weighted by Gasteiger charge is 2.09. The van der Waals surface area contributed by atoms with Crippen LogP contribution in [0.2, 0.25) is 5.02 Å². The third-order valence-corrected chi connectivity index (χ3v) is 3.30. The van der Waals surface area contributed by atoms with Gasteiger partial charge in [0.05, 0.1) is 11.2 Å². The number of aryl methyl sites for hydroxylation is 1. The van der Waals surface area contributed by atoms with Crippen molar-refractivity contribution in [3.63, 3.8) is 0 Å². The Bertz CT molecular complexity index is 788. The number of nitrogens with zero attached hydrogens (tertiary/aromatic N) is 3. The van der Waals surface area contributed by atoms with Crippen LogP contribution in [0.3, 0.4) is 0 Å². The summed E-state index contributed by atoms with van der Waals surface area (Å²) in [5.41, 5.74) is 8.30. The van der Waals surface area contributed by atoms with Crippen LogP contribution in [0.15, 0.2) is 36.7 Å². The lowest BCUT2D eigenvalue weighted by Gasteiger charge is -2.10. The van der Waals surface area contributed by atoms with Crippen molar-refractivity contribution in [2.75, 3.05) is 11.1 Å². The van der Waals surface area contributed by atoms with Crippen molar-refractivity contribution in [1.29, 1.82) is 0 Å². The molecule has 6 heteroatoms. The Morgan fingerprint density at radius 3 is 2.85 bits per heavy atom. The maximum Gasteiger partial charge on any atom is 0.154 e. The second-order valence-electron chi connectivity index (χ2n) is 4.38. The highest BCUT2D eigenvalue weighted by molar-refractivity contribution is 6.35. The van der Waals surface area contributed by atoms with Crippen molar-refractivity contribution < 1.29 is 0 Å². The number of nitrogens with two attached hydrogens (primary N) is 1. The summed E-state index contributed by atoms with van der Waals surface area (Å²) in [5.74, 6) is 0.712. The first-order valence-electron chi connectivity index (χ1n) is 6.04. The third-order valence-electron chi connectivity index (χ3n) is 2.93. The zero-order valence-corrected chi connectivity index (χ0v) is 11.5. The number of hydrogen-bond acceptors (Lipinski definition) is 5. The Balaban J connectivity index is 2.11. The molecule has 2 heterocycles. The minimum Gasteiger partial charge on any atom is -0.382 e. The fourth-order valence-electron chi connectivity index (χ4n) is 1.94. The molecule has 0 fully saturated rings. The molecule has 0 spiro atoms. The van der Waals surface area contributed by atoms with Gasteiger partial charge in [0, 0.05) is 11.1 Å². The second-order valence-corrected chi connectivity index (χ2v) is 4.75. The first-order valence-corrected chi connectivity index (χ1v) is 6.42. The van der Waals surface area contributed by atoms with Gasteiger partial charge in [-0.3, -0.25) is 4.98 Å². The minimum absolute atomic E-state index is 0.244. The molecule has 0 atom stereocenters. The first-order chi connectivity index (χ1) is 9.65. The van der Waals surface area contributed by atoms with Gasteiger partial charge < -0.3 is 11.1 Å². The number of fused-ring (bicyclic) bond motifs is 1. The number of rotatable bonds is 2. The van der Waals surface area contributed by atoms with E-state index in [9.17, 15) is 0 Å². The number of para-hydroxylation sites is 1. The molecule has 0 aliphatic carbocycles. The van der Waals surface area contributed by atoms with E-state index in [1.807, 2.05) is 37.3 Å². The van der Waals surface area contributed by atoms with E-state index in [1.54, 1.807) is 0 Å². The zero-order valence-electron chi connectivity index (χ0n) is 10.8. The minimum atomic E-state index is 0.244. The normalized spacial score (nSPS) is 10.7. The molecule has 2 aromatic heterocycles. The summed E-state index contributed by atoms with van der Waals surface area (Å²) in [6.07, 6.45) is 1.37. The molecule has 100 valence electrons. The predicted molar refractivity (Wildman–Crippen MR) is 81.2 cm³/mol. The maximum absolute atomic E-state index is 6.09. The van der Waals surface area contributed by atoms with Crippen LogP contribution in [0.1, 0.15) is 5.69 Å². The third kappa shape index (κ3) is 2.23. The molecular formula is C14H12ClN5. The van der Waals surface area contributed by atoms with E-state index in [1.165, 1.54) is 6.33 Å². The molecule has 0 aliphatic heterocycles. The number of benzene rings is 1. The van der Waals surface area contributed by atoms with Crippen molar-refractivity contribution in [2.24, 2.45) is 0 Å². The average molecular weight is 286 g/mol. The van der Waals surface area contributed by atoms with E-state index in [0.717, 1.165) is 22.3 Å². The van der Waals surface area contributed by atoms with Gasteiger partial charge in [-0.1, -0.05) is 29.8 Å². The Morgan fingerprint density at radius 2 is 2.00 bits per heavy atom. The van der Waals surface area contributed by atoms with Crippen LogP contribution in [-0.4, -0.2) is 15.0 Å². The zero-order chi connectivity index (χ0) is 14.1. The van der Waals surface area contributed by atoms with Crippen LogP contribution < -0.4 is 11.1 Å². The van der Waals surface area contributed by atoms with Crippen LogP contribution in [0.4, 0.5) is 17.3 Å². The predicted octanol–water partition coefficient (Wildman–Crippen LogP) is 3.31. The number of anilines is 3. The Kier molecular flexibility index (Phi) is 3.12. The van der Waals surface area contributed by atoms with Crippen molar-refractivity contribution in [2.45, 2.75) is 6.92 Å². The number of hydrogen-bond donors (Lipinski definition) is 2. The van der Waals surface area contributed by atoms with Gasteiger partial charge in [0.2, 0.25) is 0 Å². The van der Waals surface area contributed by atoms with Gasteiger partial charge in [0.15, 0.2) is 5.82 Å². The molecule has 0 aliphatic rings. The molecule has 20 heavy (non-hydrogen) atoms.